The van der Waals surface area contributed by atoms with Gasteiger partial charge in [0.15, 0.2) is 6.61 Å². The minimum absolute atomic E-state index is 0.162. The first-order valence-corrected chi connectivity index (χ1v) is 8.99. The molecule has 142 valence electrons. The van der Waals surface area contributed by atoms with Crippen LogP contribution in [0.5, 0.6) is 0 Å². The summed E-state index contributed by atoms with van der Waals surface area (Å²) in [5, 5.41) is 3.69. The van der Waals surface area contributed by atoms with Gasteiger partial charge in [0.2, 0.25) is 5.91 Å². The topological polar surface area (TPSA) is 91.5 Å². The summed E-state index contributed by atoms with van der Waals surface area (Å²) in [6.45, 7) is 1.38. The molecule has 0 aliphatic carbocycles. The van der Waals surface area contributed by atoms with Crippen LogP contribution in [-0.4, -0.2) is 35.4 Å². The zero-order valence-electron chi connectivity index (χ0n) is 15.3. The number of hydrogen-bond acceptors (Lipinski definition) is 4. The van der Waals surface area contributed by atoms with E-state index in [1.54, 1.807) is 37.3 Å². The fraction of sp³-hybridized carbons (Fsp3) is 0.190. The van der Waals surface area contributed by atoms with Crippen molar-refractivity contribution in [1.29, 1.82) is 0 Å². The molecule has 0 bridgehead atoms. The fourth-order valence-corrected chi connectivity index (χ4v) is 3.43. The van der Waals surface area contributed by atoms with Gasteiger partial charge in [-0.2, -0.15) is 0 Å². The Balaban J connectivity index is 1.51. The third kappa shape index (κ3) is 3.34. The molecule has 7 nitrogen and oxygen atoms in total. The molecule has 2 N–H and O–H groups in total. The van der Waals surface area contributed by atoms with Gasteiger partial charge in [-0.3, -0.25) is 9.59 Å². The van der Waals surface area contributed by atoms with E-state index in [0.29, 0.717) is 11.4 Å². The van der Waals surface area contributed by atoms with Gasteiger partial charge < -0.3 is 19.9 Å². The predicted octanol–water partition coefficient (Wildman–Crippen LogP) is 3.09. The number of fused-ring (bicyclic) bond motifs is 2. The molecule has 0 unspecified atom stereocenters. The summed E-state index contributed by atoms with van der Waals surface area (Å²) in [7, 11) is 0. The summed E-state index contributed by atoms with van der Waals surface area (Å²) >= 11 is 0. The average Bonchev–Trinajstić information content (AvgIpc) is 3.06. The second-order valence-corrected chi connectivity index (χ2v) is 6.73. The molecule has 0 saturated carbocycles. The van der Waals surface area contributed by atoms with E-state index in [2.05, 4.69) is 10.3 Å². The van der Waals surface area contributed by atoms with Crippen LogP contribution in [0.25, 0.3) is 10.9 Å². The molecule has 0 saturated heterocycles. The molecule has 2 amide bonds. The number of rotatable bonds is 3. The highest BCUT2D eigenvalue weighted by Crippen LogP contribution is 2.31. The SMILES string of the molecule is C[C@H]1CC(=O)Nc2ccccc2N1C(=O)COC(=O)c1cc2ccccc2[nH]1. The third-order valence-corrected chi connectivity index (χ3v) is 4.70. The molecule has 2 aromatic carbocycles. The second kappa shape index (κ2) is 7.19. The predicted molar refractivity (Wildman–Crippen MR) is 105 cm³/mol. The van der Waals surface area contributed by atoms with Gasteiger partial charge in [0.25, 0.3) is 5.91 Å². The number of amides is 2. The van der Waals surface area contributed by atoms with Gasteiger partial charge in [0.1, 0.15) is 5.69 Å². The van der Waals surface area contributed by atoms with Gasteiger partial charge in [-0.1, -0.05) is 30.3 Å². The van der Waals surface area contributed by atoms with Crippen LogP contribution < -0.4 is 10.2 Å². The van der Waals surface area contributed by atoms with E-state index in [-0.39, 0.29) is 30.0 Å². The van der Waals surface area contributed by atoms with Crippen molar-refractivity contribution in [3.63, 3.8) is 0 Å². The van der Waals surface area contributed by atoms with Crippen LogP contribution >= 0.6 is 0 Å². The molecule has 1 aliphatic heterocycles. The molecular formula is C21H19N3O4. The second-order valence-electron chi connectivity index (χ2n) is 6.73. The monoisotopic (exact) mass is 377 g/mol. The van der Waals surface area contributed by atoms with Gasteiger partial charge in [-0.15, -0.1) is 0 Å². The van der Waals surface area contributed by atoms with Crippen molar-refractivity contribution in [2.75, 3.05) is 16.8 Å². The van der Waals surface area contributed by atoms with Crippen molar-refractivity contribution in [2.24, 2.45) is 0 Å². The van der Waals surface area contributed by atoms with E-state index in [4.69, 9.17) is 4.74 Å². The number of para-hydroxylation sites is 3. The quantitative estimate of drug-likeness (QED) is 0.686. The molecular weight excluding hydrogens is 358 g/mol. The highest BCUT2D eigenvalue weighted by Gasteiger charge is 2.30. The Morgan fingerprint density at radius 3 is 2.71 bits per heavy atom. The number of nitrogens with one attached hydrogen (secondary N) is 2. The van der Waals surface area contributed by atoms with Crippen LogP contribution in [0, 0.1) is 0 Å². The lowest BCUT2D eigenvalue weighted by molar-refractivity contribution is -0.122. The number of ether oxygens (including phenoxy) is 1. The van der Waals surface area contributed by atoms with E-state index < -0.39 is 12.6 Å². The van der Waals surface area contributed by atoms with Crippen molar-refractivity contribution in [1.82, 2.24) is 4.98 Å². The van der Waals surface area contributed by atoms with Crippen LogP contribution in [0.2, 0.25) is 0 Å². The van der Waals surface area contributed by atoms with E-state index in [9.17, 15) is 14.4 Å². The van der Waals surface area contributed by atoms with Crippen LogP contribution in [0.15, 0.2) is 54.6 Å². The first-order valence-electron chi connectivity index (χ1n) is 8.99. The van der Waals surface area contributed by atoms with Crippen LogP contribution in [0.3, 0.4) is 0 Å². The van der Waals surface area contributed by atoms with Crippen molar-refractivity contribution >= 4 is 40.1 Å². The Hall–Kier alpha value is -3.61. The van der Waals surface area contributed by atoms with E-state index in [0.717, 1.165) is 10.9 Å². The summed E-state index contributed by atoms with van der Waals surface area (Å²) in [6.07, 6.45) is 0.163. The number of carbonyl (C=O) groups excluding carboxylic acids is 3. The van der Waals surface area contributed by atoms with Crippen LogP contribution in [0.1, 0.15) is 23.8 Å². The first-order chi connectivity index (χ1) is 13.5. The van der Waals surface area contributed by atoms with Gasteiger partial charge in [0.05, 0.1) is 11.4 Å². The standard InChI is InChI=1S/C21H19N3O4/c1-13-10-19(25)23-16-8-4-5-9-18(16)24(13)20(26)12-28-21(27)17-11-14-6-2-3-7-15(14)22-17/h2-9,11,13,22H,10,12H2,1H3,(H,23,25)/t13-/m0/s1. The van der Waals surface area contributed by atoms with Gasteiger partial charge in [-0.05, 0) is 31.2 Å². The molecule has 0 fully saturated rings. The summed E-state index contributed by atoms with van der Waals surface area (Å²) in [4.78, 5) is 41.7. The number of H-pyrrole nitrogens is 1. The lowest BCUT2D eigenvalue weighted by Crippen LogP contribution is -2.41. The largest absolute Gasteiger partial charge is 0.451 e. The highest BCUT2D eigenvalue weighted by molar-refractivity contribution is 6.05. The van der Waals surface area contributed by atoms with E-state index >= 15 is 0 Å². The molecule has 2 heterocycles. The summed E-state index contributed by atoms with van der Waals surface area (Å²) < 4.78 is 5.24. The first kappa shape index (κ1) is 17.8. The zero-order valence-corrected chi connectivity index (χ0v) is 15.3. The number of hydrogen-bond donors (Lipinski definition) is 2. The molecule has 1 aliphatic rings. The number of benzene rings is 2. The van der Waals surface area contributed by atoms with Gasteiger partial charge >= 0.3 is 5.97 Å². The normalized spacial score (nSPS) is 16.2. The molecule has 28 heavy (non-hydrogen) atoms. The van der Waals surface area contributed by atoms with Crippen molar-refractivity contribution in [2.45, 2.75) is 19.4 Å². The molecule has 1 aromatic heterocycles. The fourth-order valence-electron chi connectivity index (χ4n) is 3.43. The molecule has 7 heteroatoms. The minimum Gasteiger partial charge on any atom is -0.451 e. The molecule has 0 spiro atoms. The maximum atomic E-state index is 12.8. The Kier molecular flexibility index (Phi) is 4.57. The van der Waals surface area contributed by atoms with Crippen molar-refractivity contribution < 1.29 is 19.1 Å². The minimum atomic E-state index is -0.602. The van der Waals surface area contributed by atoms with Crippen LogP contribution in [-0.2, 0) is 14.3 Å². The number of anilines is 2. The maximum absolute atomic E-state index is 12.8. The molecule has 4 rings (SSSR count). The molecule has 1 atom stereocenters. The number of aromatic amines is 1. The average molecular weight is 377 g/mol. The Morgan fingerprint density at radius 1 is 1.14 bits per heavy atom. The van der Waals surface area contributed by atoms with Crippen molar-refractivity contribution in [3.05, 3.63) is 60.3 Å². The lowest BCUT2D eigenvalue weighted by atomic mass is 10.1. The van der Waals surface area contributed by atoms with Crippen molar-refractivity contribution in [3.8, 4) is 0 Å². The Labute approximate surface area is 161 Å². The molecule has 0 radical (unpaired) electrons. The van der Waals surface area contributed by atoms with Crippen LogP contribution in [0.4, 0.5) is 11.4 Å². The maximum Gasteiger partial charge on any atom is 0.355 e. The molecule has 3 aromatic rings. The number of esters is 1. The lowest BCUT2D eigenvalue weighted by Gasteiger charge is -2.27. The Morgan fingerprint density at radius 2 is 1.89 bits per heavy atom. The summed E-state index contributed by atoms with van der Waals surface area (Å²) in [5.74, 6) is -1.15. The smallest absolute Gasteiger partial charge is 0.355 e. The Bertz CT molecular complexity index is 1040. The van der Waals surface area contributed by atoms with E-state index in [1.165, 1.54) is 4.90 Å². The van der Waals surface area contributed by atoms with E-state index in [1.807, 2.05) is 24.3 Å². The third-order valence-electron chi connectivity index (χ3n) is 4.70. The summed E-state index contributed by atoms with van der Waals surface area (Å²) in [6, 6.07) is 15.9. The van der Waals surface area contributed by atoms with Gasteiger partial charge in [-0.25, -0.2) is 4.79 Å². The summed E-state index contributed by atoms with van der Waals surface area (Å²) in [5.41, 5.74) is 2.26. The van der Waals surface area contributed by atoms with Gasteiger partial charge in [0, 0.05) is 23.4 Å². The number of nitrogens with zero attached hydrogens (tertiary/aromatic N) is 1. The number of carbonyl (C=O) groups is 3. The number of aromatic nitrogens is 1. The highest BCUT2D eigenvalue weighted by atomic mass is 16.5. The zero-order chi connectivity index (χ0) is 19.7.